The largest absolute Gasteiger partial charge is 0.444 e. The summed E-state index contributed by atoms with van der Waals surface area (Å²) in [6.07, 6.45) is 0.311. The third-order valence-electron chi connectivity index (χ3n) is 3.40. The van der Waals surface area contributed by atoms with E-state index in [1.54, 1.807) is 45.0 Å². The van der Waals surface area contributed by atoms with Gasteiger partial charge in [0, 0.05) is 6.54 Å². The fourth-order valence-corrected chi connectivity index (χ4v) is 3.85. The second-order valence-electron chi connectivity index (χ2n) is 6.69. The molecule has 1 fully saturated rings. The van der Waals surface area contributed by atoms with Gasteiger partial charge in [-0.1, -0.05) is 30.3 Å². The molecule has 1 unspecified atom stereocenters. The molecule has 1 amide bonds. The molecule has 1 heterocycles. The Balaban J connectivity index is 2.01. The van der Waals surface area contributed by atoms with Crippen LogP contribution in [0.25, 0.3) is 0 Å². The van der Waals surface area contributed by atoms with Gasteiger partial charge in [-0.25, -0.2) is 13.2 Å². The standard InChI is InChI=1S/C16H24N2O4S/c1-16(2,3)22-15(19)18-11-7-10-14(18)17-23(20,21)12-13-8-5-4-6-9-13/h4-6,8-9,14,17H,7,10-12H2,1-3H3. The molecule has 1 saturated heterocycles. The summed E-state index contributed by atoms with van der Waals surface area (Å²) < 4.78 is 32.6. The van der Waals surface area contributed by atoms with Crippen LogP contribution in [-0.2, 0) is 20.5 Å². The zero-order valence-electron chi connectivity index (χ0n) is 13.8. The second-order valence-corrected chi connectivity index (χ2v) is 8.45. The highest BCUT2D eigenvalue weighted by Crippen LogP contribution is 2.20. The lowest BCUT2D eigenvalue weighted by Crippen LogP contribution is -2.48. The van der Waals surface area contributed by atoms with Crippen molar-refractivity contribution < 1.29 is 17.9 Å². The van der Waals surface area contributed by atoms with Gasteiger partial charge in [0.25, 0.3) is 0 Å². The van der Waals surface area contributed by atoms with E-state index in [0.717, 1.165) is 6.42 Å². The van der Waals surface area contributed by atoms with E-state index in [4.69, 9.17) is 4.74 Å². The first-order valence-electron chi connectivity index (χ1n) is 7.70. The predicted molar refractivity (Wildman–Crippen MR) is 88.2 cm³/mol. The van der Waals surface area contributed by atoms with E-state index in [0.29, 0.717) is 18.5 Å². The molecule has 0 bridgehead atoms. The van der Waals surface area contributed by atoms with Crippen molar-refractivity contribution in [1.29, 1.82) is 0 Å². The molecule has 2 rings (SSSR count). The Hall–Kier alpha value is -1.60. The van der Waals surface area contributed by atoms with Gasteiger partial charge in [-0.15, -0.1) is 0 Å². The van der Waals surface area contributed by atoms with E-state index >= 15 is 0 Å². The molecule has 1 aliphatic heterocycles. The van der Waals surface area contributed by atoms with Crippen LogP contribution in [0.5, 0.6) is 0 Å². The van der Waals surface area contributed by atoms with Crippen molar-refractivity contribution in [2.75, 3.05) is 6.54 Å². The van der Waals surface area contributed by atoms with E-state index in [9.17, 15) is 13.2 Å². The maximum absolute atomic E-state index is 12.3. The molecule has 0 radical (unpaired) electrons. The van der Waals surface area contributed by atoms with E-state index in [2.05, 4.69) is 4.72 Å². The van der Waals surface area contributed by atoms with Gasteiger partial charge < -0.3 is 4.74 Å². The predicted octanol–water partition coefficient (Wildman–Crippen LogP) is 2.46. The Labute approximate surface area is 137 Å². The number of likely N-dealkylation sites (tertiary alicyclic amines) is 1. The fourth-order valence-electron chi connectivity index (χ4n) is 2.47. The summed E-state index contributed by atoms with van der Waals surface area (Å²) in [4.78, 5) is 13.6. The first-order valence-corrected chi connectivity index (χ1v) is 9.35. The third kappa shape index (κ3) is 5.51. The van der Waals surface area contributed by atoms with Gasteiger partial charge in [0.1, 0.15) is 5.60 Å². The van der Waals surface area contributed by atoms with Crippen molar-refractivity contribution in [3.8, 4) is 0 Å². The van der Waals surface area contributed by atoms with Gasteiger partial charge >= 0.3 is 6.09 Å². The van der Waals surface area contributed by atoms with E-state index in [-0.39, 0.29) is 5.75 Å². The minimum absolute atomic E-state index is 0.105. The molecule has 1 N–H and O–H groups in total. The number of benzene rings is 1. The van der Waals surface area contributed by atoms with E-state index < -0.39 is 27.9 Å². The Morgan fingerprint density at radius 3 is 2.57 bits per heavy atom. The van der Waals surface area contributed by atoms with Crippen LogP contribution in [0.4, 0.5) is 4.79 Å². The summed E-state index contributed by atoms with van der Waals surface area (Å²) in [5.41, 5.74) is 0.106. The number of rotatable bonds is 4. The lowest BCUT2D eigenvalue weighted by molar-refractivity contribution is 0.0219. The SMILES string of the molecule is CC(C)(C)OC(=O)N1CCCC1NS(=O)(=O)Cc1ccccc1. The number of carbonyl (C=O) groups is 1. The zero-order valence-corrected chi connectivity index (χ0v) is 14.6. The molecule has 1 aromatic carbocycles. The molecule has 0 spiro atoms. The Morgan fingerprint density at radius 1 is 1.30 bits per heavy atom. The molecule has 0 saturated carbocycles. The average molecular weight is 340 g/mol. The first-order chi connectivity index (χ1) is 10.7. The minimum Gasteiger partial charge on any atom is -0.444 e. The average Bonchev–Trinajstić information content (AvgIpc) is 2.84. The third-order valence-corrected chi connectivity index (χ3v) is 4.74. The molecule has 128 valence electrons. The Morgan fingerprint density at radius 2 is 1.96 bits per heavy atom. The van der Waals surface area contributed by atoms with Crippen LogP contribution >= 0.6 is 0 Å². The normalized spacial score (nSPS) is 18.9. The van der Waals surface area contributed by atoms with Crippen molar-refractivity contribution in [3.05, 3.63) is 35.9 Å². The van der Waals surface area contributed by atoms with Crippen LogP contribution in [0.2, 0.25) is 0 Å². The molecule has 0 aliphatic carbocycles. The van der Waals surface area contributed by atoms with Gasteiger partial charge in [-0.3, -0.25) is 4.90 Å². The summed E-state index contributed by atoms with van der Waals surface area (Å²) in [5.74, 6) is -0.105. The highest BCUT2D eigenvalue weighted by atomic mass is 32.2. The number of hydrogen-bond donors (Lipinski definition) is 1. The molecule has 1 atom stereocenters. The maximum Gasteiger partial charge on any atom is 0.411 e. The molecule has 23 heavy (non-hydrogen) atoms. The quantitative estimate of drug-likeness (QED) is 0.913. The molecule has 7 heteroatoms. The molecule has 6 nitrogen and oxygen atoms in total. The van der Waals surface area contributed by atoms with Crippen molar-refractivity contribution in [1.82, 2.24) is 9.62 Å². The molecule has 1 aliphatic rings. The van der Waals surface area contributed by atoms with Crippen LogP contribution in [0.1, 0.15) is 39.2 Å². The lowest BCUT2D eigenvalue weighted by Gasteiger charge is -2.28. The van der Waals surface area contributed by atoms with Crippen LogP contribution in [0.15, 0.2) is 30.3 Å². The zero-order chi connectivity index (χ0) is 17.1. The Kier molecular flexibility index (Phi) is 5.31. The van der Waals surface area contributed by atoms with Gasteiger partial charge in [0.15, 0.2) is 0 Å². The second kappa shape index (κ2) is 6.88. The topological polar surface area (TPSA) is 75.7 Å². The fraction of sp³-hybridized carbons (Fsp3) is 0.562. The van der Waals surface area contributed by atoms with Crippen LogP contribution in [0.3, 0.4) is 0 Å². The van der Waals surface area contributed by atoms with Crippen molar-refractivity contribution >= 4 is 16.1 Å². The Bertz CT molecular complexity index is 638. The summed E-state index contributed by atoms with van der Waals surface area (Å²) >= 11 is 0. The van der Waals surface area contributed by atoms with Crippen LogP contribution in [-0.4, -0.2) is 37.7 Å². The van der Waals surface area contributed by atoms with Gasteiger partial charge in [-0.2, -0.15) is 4.72 Å². The summed E-state index contributed by atoms with van der Waals surface area (Å²) in [6.45, 7) is 5.86. The van der Waals surface area contributed by atoms with Crippen molar-refractivity contribution in [2.24, 2.45) is 0 Å². The van der Waals surface area contributed by atoms with E-state index in [1.165, 1.54) is 4.90 Å². The minimum atomic E-state index is -3.53. The lowest BCUT2D eigenvalue weighted by atomic mass is 10.2. The number of nitrogens with one attached hydrogen (secondary N) is 1. The number of ether oxygens (including phenoxy) is 1. The number of amides is 1. The molecular formula is C16H24N2O4S. The number of hydrogen-bond acceptors (Lipinski definition) is 4. The monoisotopic (exact) mass is 340 g/mol. The molecule has 1 aromatic rings. The van der Waals surface area contributed by atoms with Crippen LogP contribution < -0.4 is 4.72 Å². The van der Waals surface area contributed by atoms with Crippen molar-refractivity contribution in [3.63, 3.8) is 0 Å². The number of nitrogens with zero attached hydrogens (tertiary/aromatic N) is 1. The highest BCUT2D eigenvalue weighted by Gasteiger charge is 2.34. The summed E-state index contributed by atoms with van der Waals surface area (Å²) in [5, 5.41) is 0. The number of sulfonamides is 1. The summed E-state index contributed by atoms with van der Waals surface area (Å²) in [7, 11) is -3.53. The van der Waals surface area contributed by atoms with Gasteiger partial charge in [0.2, 0.25) is 10.0 Å². The summed E-state index contributed by atoms with van der Waals surface area (Å²) in [6, 6.07) is 8.96. The maximum atomic E-state index is 12.3. The smallest absolute Gasteiger partial charge is 0.411 e. The molecule has 0 aromatic heterocycles. The van der Waals surface area contributed by atoms with E-state index in [1.807, 2.05) is 6.07 Å². The van der Waals surface area contributed by atoms with Gasteiger partial charge in [0.05, 0.1) is 11.9 Å². The molecular weight excluding hydrogens is 316 g/mol. The van der Waals surface area contributed by atoms with Gasteiger partial charge in [-0.05, 0) is 39.2 Å². The van der Waals surface area contributed by atoms with Crippen LogP contribution in [0, 0.1) is 0 Å². The number of carbonyl (C=O) groups excluding carboxylic acids is 1. The highest BCUT2D eigenvalue weighted by molar-refractivity contribution is 7.88. The van der Waals surface area contributed by atoms with Crippen molar-refractivity contribution in [2.45, 2.75) is 51.1 Å². The first kappa shape index (κ1) is 17.7.